The molecule has 0 aliphatic rings. The third-order valence-electron chi connectivity index (χ3n) is 9.67. The van der Waals surface area contributed by atoms with Crippen molar-refractivity contribution in [1.82, 2.24) is 0 Å². The average molecular weight is 641 g/mol. The molecule has 1 atom stereocenters. The summed E-state index contributed by atoms with van der Waals surface area (Å²) in [7, 11) is 0. The van der Waals surface area contributed by atoms with Crippen molar-refractivity contribution >= 4 is 0 Å². The standard InChI is InChI=1S/C45H68O2/c1-4-6-8-10-12-14-15-16-17-18-20-21-25-37-46-39(3)40-29-31-41(32-30-40)44-27-23-24-28-45(44)42-33-35-43(36-34-42)47-38-26-22-19-13-11-9-7-5-2/h23-24,27-36,39H,4-22,25-26,37-38H2,1-3H3. The van der Waals surface area contributed by atoms with Gasteiger partial charge < -0.3 is 9.47 Å². The van der Waals surface area contributed by atoms with Gasteiger partial charge in [-0.1, -0.05) is 197 Å². The van der Waals surface area contributed by atoms with E-state index in [9.17, 15) is 0 Å². The molecule has 0 saturated carbocycles. The molecule has 0 fully saturated rings. The van der Waals surface area contributed by atoms with Gasteiger partial charge in [0, 0.05) is 6.61 Å². The monoisotopic (exact) mass is 641 g/mol. The molecule has 2 heteroatoms. The molecular formula is C45H68O2. The zero-order valence-electron chi connectivity index (χ0n) is 30.6. The van der Waals surface area contributed by atoms with Gasteiger partial charge in [0.2, 0.25) is 0 Å². The Morgan fingerprint density at radius 1 is 0.426 bits per heavy atom. The van der Waals surface area contributed by atoms with Crippen LogP contribution in [-0.2, 0) is 4.74 Å². The second-order valence-electron chi connectivity index (χ2n) is 13.8. The van der Waals surface area contributed by atoms with Crippen LogP contribution < -0.4 is 4.74 Å². The molecule has 1 unspecified atom stereocenters. The molecule has 260 valence electrons. The van der Waals surface area contributed by atoms with E-state index >= 15 is 0 Å². The van der Waals surface area contributed by atoms with Gasteiger partial charge >= 0.3 is 0 Å². The highest BCUT2D eigenvalue weighted by molar-refractivity contribution is 5.83. The molecule has 0 heterocycles. The Labute approximate surface area is 290 Å². The van der Waals surface area contributed by atoms with Crippen LogP contribution in [-0.4, -0.2) is 13.2 Å². The fraction of sp³-hybridized carbons (Fsp3) is 0.600. The Kier molecular flexibility index (Phi) is 21.0. The van der Waals surface area contributed by atoms with E-state index in [1.165, 1.54) is 150 Å². The minimum atomic E-state index is 0.120. The number of benzene rings is 3. The highest BCUT2D eigenvalue weighted by Crippen LogP contribution is 2.34. The van der Waals surface area contributed by atoms with Gasteiger partial charge in [-0.3, -0.25) is 0 Å². The van der Waals surface area contributed by atoms with Gasteiger partial charge in [0.05, 0.1) is 12.7 Å². The molecule has 2 nitrogen and oxygen atoms in total. The van der Waals surface area contributed by atoms with E-state index in [2.05, 4.69) is 93.6 Å². The lowest BCUT2D eigenvalue weighted by molar-refractivity contribution is 0.0627. The minimum Gasteiger partial charge on any atom is -0.494 e. The zero-order valence-corrected chi connectivity index (χ0v) is 30.6. The molecular weight excluding hydrogens is 572 g/mol. The molecule has 3 aromatic carbocycles. The van der Waals surface area contributed by atoms with Crippen molar-refractivity contribution in [1.29, 1.82) is 0 Å². The first kappa shape index (κ1) is 38.9. The maximum atomic E-state index is 6.23. The van der Waals surface area contributed by atoms with Crippen LogP contribution in [0.4, 0.5) is 0 Å². The van der Waals surface area contributed by atoms with E-state index in [0.29, 0.717) is 0 Å². The minimum absolute atomic E-state index is 0.120. The van der Waals surface area contributed by atoms with Gasteiger partial charge in [0.15, 0.2) is 0 Å². The lowest BCUT2D eigenvalue weighted by Crippen LogP contribution is -2.02. The molecule has 0 N–H and O–H groups in total. The summed E-state index contributed by atoms with van der Waals surface area (Å²) in [6.07, 6.45) is 28.6. The topological polar surface area (TPSA) is 18.5 Å². The number of rotatable bonds is 28. The average Bonchev–Trinajstić information content (AvgIpc) is 3.11. The lowest BCUT2D eigenvalue weighted by Gasteiger charge is -2.15. The molecule has 0 saturated heterocycles. The molecule has 0 amide bonds. The Bertz CT molecular complexity index is 1150. The van der Waals surface area contributed by atoms with Crippen LogP contribution in [0.2, 0.25) is 0 Å². The quantitative estimate of drug-likeness (QED) is 0.0735. The predicted molar refractivity (Wildman–Crippen MR) is 205 cm³/mol. The van der Waals surface area contributed by atoms with Crippen LogP contribution in [0.1, 0.15) is 167 Å². The Hall–Kier alpha value is -2.58. The fourth-order valence-corrected chi connectivity index (χ4v) is 6.55. The summed E-state index contributed by atoms with van der Waals surface area (Å²) in [4.78, 5) is 0. The van der Waals surface area contributed by atoms with E-state index in [4.69, 9.17) is 9.47 Å². The Morgan fingerprint density at radius 2 is 0.809 bits per heavy atom. The number of ether oxygens (including phenoxy) is 2. The second-order valence-corrected chi connectivity index (χ2v) is 13.8. The lowest BCUT2D eigenvalue weighted by atomic mass is 9.94. The molecule has 0 bridgehead atoms. The van der Waals surface area contributed by atoms with Crippen LogP contribution in [0.25, 0.3) is 22.3 Å². The maximum Gasteiger partial charge on any atom is 0.119 e. The third kappa shape index (κ3) is 16.4. The third-order valence-corrected chi connectivity index (χ3v) is 9.67. The SMILES string of the molecule is CCCCCCCCCCCCCCCOC(C)c1ccc(-c2ccccc2-c2ccc(OCCCCCCCCCC)cc2)cc1. The first-order valence-corrected chi connectivity index (χ1v) is 19.8. The van der Waals surface area contributed by atoms with Crippen LogP contribution >= 0.6 is 0 Å². The number of hydrogen-bond acceptors (Lipinski definition) is 2. The summed E-state index contributed by atoms with van der Waals surface area (Å²) < 4.78 is 12.3. The van der Waals surface area contributed by atoms with Crippen molar-refractivity contribution in [2.24, 2.45) is 0 Å². The zero-order chi connectivity index (χ0) is 33.2. The van der Waals surface area contributed by atoms with E-state index in [-0.39, 0.29) is 6.10 Å². The van der Waals surface area contributed by atoms with Crippen molar-refractivity contribution in [3.8, 4) is 28.0 Å². The molecule has 3 rings (SSSR count). The largest absolute Gasteiger partial charge is 0.494 e. The van der Waals surface area contributed by atoms with Gasteiger partial charge in [0.25, 0.3) is 0 Å². The smallest absolute Gasteiger partial charge is 0.119 e. The number of unbranched alkanes of at least 4 members (excludes halogenated alkanes) is 19. The van der Waals surface area contributed by atoms with Crippen molar-refractivity contribution < 1.29 is 9.47 Å². The summed E-state index contributed by atoms with van der Waals surface area (Å²) in [5.74, 6) is 0.964. The van der Waals surface area contributed by atoms with Gasteiger partial charge in [0.1, 0.15) is 5.75 Å². The Morgan fingerprint density at radius 3 is 1.26 bits per heavy atom. The molecule has 0 radical (unpaired) electrons. The molecule has 0 aliphatic heterocycles. The van der Waals surface area contributed by atoms with E-state index in [1.807, 2.05) is 0 Å². The van der Waals surface area contributed by atoms with E-state index in [1.54, 1.807) is 0 Å². The van der Waals surface area contributed by atoms with Gasteiger partial charge in [-0.05, 0) is 59.7 Å². The highest BCUT2D eigenvalue weighted by atomic mass is 16.5. The van der Waals surface area contributed by atoms with Gasteiger partial charge in [-0.25, -0.2) is 0 Å². The van der Waals surface area contributed by atoms with Crippen LogP contribution in [0, 0.1) is 0 Å². The molecule has 0 aliphatic carbocycles. The number of hydrogen-bond donors (Lipinski definition) is 0. The van der Waals surface area contributed by atoms with Gasteiger partial charge in [-0.15, -0.1) is 0 Å². The van der Waals surface area contributed by atoms with Crippen LogP contribution in [0.5, 0.6) is 5.75 Å². The molecule has 0 spiro atoms. The fourth-order valence-electron chi connectivity index (χ4n) is 6.55. The summed E-state index contributed by atoms with van der Waals surface area (Å²) in [5.41, 5.74) is 6.22. The normalized spacial score (nSPS) is 12.0. The first-order chi connectivity index (χ1) is 23.2. The molecule has 0 aromatic heterocycles. The van der Waals surface area contributed by atoms with Crippen molar-refractivity contribution in [2.45, 2.75) is 162 Å². The maximum absolute atomic E-state index is 6.23. The van der Waals surface area contributed by atoms with Crippen molar-refractivity contribution in [3.63, 3.8) is 0 Å². The van der Waals surface area contributed by atoms with Crippen molar-refractivity contribution in [3.05, 3.63) is 78.4 Å². The van der Waals surface area contributed by atoms with E-state index in [0.717, 1.165) is 31.8 Å². The Balaban J connectivity index is 1.34. The summed E-state index contributed by atoms with van der Waals surface area (Å²) in [5, 5.41) is 0. The van der Waals surface area contributed by atoms with Crippen LogP contribution in [0.3, 0.4) is 0 Å². The van der Waals surface area contributed by atoms with Crippen molar-refractivity contribution in [2.75, 3.05) is 13.2 Å². The predicted octanol–water partition coefficient (Wildman–Crippen LogP) is 14.7. The summed E-state index contributed by atoms with van der Waals surface area (Å²) >= 11 is 0. The summed E-state index contributed by atoms with van der Waals surface area (Å²) in [6.45, 7) is 8.41. The first-order valence-electron chi connectivity index (χ1n) is 19.8. The van der Waals surface area contributed by atoms with E-state index < -0.39 is 0 Å². The highest BCUT2D eigenvalue weighted by Gasteiger charge is 2.10. The molecule has 3 aromatic rings. The summed E-state index contributed by atoms with van der Waals surface area (Å²) in [6, 6.07) is 26.3. The molecule has 47 heavy (non-hydrogen) atoms. The second kappa shape index (κ2) is 25.4. The van der Waals surface area contributed by atoms with Gasteiger partial charge in [-0.2, -0.15) is 0 Å². The van der Waals surface area contributed by atoms with Crippen LogP contribution in [0.15, 0.2) is 72.8 Å².